The number of benzene rings is 1. The van der Waals surface area contributed by atoms with Gasteiger partial charge < -0.3 is 20.1 Å². The largest absolute Gasteiger partial charge is 0.354 e. The molecule has 0 spiro atoms. The fourth-order valence-corrected chi connectivity index (χ4v) is 3.68. The number of pyridine rings is 1. The summed E-state index contributed by atoms with van der Waals surface area (Å²) < 4.78 is 2.23. The van der Waals surface area contributed by atoms with Crippen molar-refractivity contribution in [1.29, 1.82) is 0 Å². The molecule has 8 heteroatoms. The Morgan fingerprint density at radius 2 is 1.93 bits per heavy atom. The van der Waals surface area contributed by atoms with Gasteiger partial charge in [-0.1, -0.05) is 18.2 Å². The highest BCUT2D eigenvalue weighted by Crippen LogP contribution is 2.16. The van der Waals surface area contributed by atoms with E-state index in [1.807, 2.05) is 42.5 Å². The predicted molar refractivity (Wildman–Crippen MR) is 116 cm³/mol. The second-order valence-electron chi connectivity index (χ2n) is 7.15. The summed E-state index contributed by atoms with van der Waals surface area (Å²) in [7, 11) is 2.13. The van der Waals surface area contributed by atoms with E-state index >= 15 is 0 Å². The van der Waals surface area contributed by atoms with Crippen LogP contribution in [0.1, 0.15) is 16.1 Å². The maximum Gasteiger partial charge on any atom is 0.270 e. The Kier molecular flexibility index (Phi) is 5.73. The van der Waals surface area contributed by atoms with E-state index in [2.05, 4.69) is 32.1 Å². The first-order valence-corrected chi connectivity index (χ1v) is 10.0. The number of imidazole rings is 1. The lowest BCUT2D eigenvalue weighted by Gasteiger charge is -2.33. The van der Waals surface area contributed by atoms with Crippen molar-refractivity contribution in [2.75, 3.05) is 38.1 Å². The number of hydrogen-bond acceptors (Lipinski definition) is 5. The van der Waals surface area contributed by atoms with Crippen LogP contribution in [0.5, 0.6) is 0 Å². The molecule has 1 aromatic carbocycles. The number of piperazine rings is 1. The van der Waals surface area contributed by atoms with Crippen molar-refractivity contribution >= 4 is 23.9 Å². The Balaban J connectivity index is 1.46. The highest BCUT2D eigenvalue weighted by molar-refractivity contribution is 7.71. The number of H-pyrrole nitrogens is 1. The number of hydrogen-bond donors (Lipinski definition) is 2. The summed E-state index contributed by atoms with van der Waals surface area (Å²) in [5, 5.41) is 3.00. The summed E-state index contributed by atoms with van der Waals surface area (Å²) in [5.74, 6) is 0.776. The van der Waals surface area contributed by atoms with E-state index in [9.17, 15) is 4.79 Å². The van der Waals surface area contributed by atoms with Gasteiger partial charge in [0.2, 0.25) is 0 Å². The minimum absolute atomic E-state index is 0.181. The standard InChI is InChI=1S/C21H24N6OS/c1-25-9-11-26(12-10-25)19-13-16(7-8-22-19)14-23-20(28)18-15-24-21(29)27(18)17-5-3-2-4-6-17/h2-8,13,15H,9-12,14H2,1H3,(H,23,28)(H,24,29). The summed E-state index contributed by atoms with van der Waals surface area (Å²) in [6, 6.07) is 13.6. The number of anilines is 1. The van der Waals surface area contributed by atoms with Gasteiger partial charge in [0.25, 0.3) is 5.91 Å². The molecule has 4 rings (SSSR count). The number of rotatable bonds is 5. The third kappa shape index (κ3) is 4.38. The Morgan fingerprint density at radius 1 is 1.17 bits per heavy atom. The number of aromatic amines is 1. The smallest absolute Gasteiger partial charge is 0.270 e. The second kappa shape index (κ2) is 8.59. The zero-order chi connectivity index (χ0) is 20.2. The lowest BCUT2D eigenvalue weighted by molar-refractivity contribution is 0.0944. The summed E-state index contributed by atoms with van der Waals surface area (Å²) in [4.78, 5) is 24.9. The van der Waals surface area contributed by atoms with Crippen LogP contribution >= 0.6 is 12.2 Å². The minimum Gasteiger partial charge on any atom is -0.354 e. The van der Waals surface area contributed by atoms with Gasteiger partial charge in [-0.25, -0.2) is 4.98 Å². The first-order chi connectivity index (χ1) is 14.1. The Labute approximate surface area is 175 Å². The highest BCUT2D eigenvalue weighted by Gasteiger charge is 2.17. The van der Waals surface area contributed by atoms with E-state index in [1.165, 1.54) is 0 Å². The monoisotopic (exact) mass is 408 g/mol. The molecule has 0 bridgehead atoms. The van der Waals surface area contributed by atoms with Crippen molar-refractivity contribution in [2.24, 2.45) is 0 Å². The van der Waals surface area contributed by atoms with E-state index in [1.54, 1.807) is 17.0 Å². The summed E-state index contributed by atoms with van der Waals surface area (Å²) in [5.41, 5.74) is 2.35. The number of carbonyl (C=O) groups is 1. The van der Waals surface area contributed by atoms with Crippen molar-refractivity contribution in [1.82, 2.24) is 24.8 Å². The fourth-order valence-electron chi connectivity index (χ4n) is 3.42. The number of amides is 1. The number of nitrogens with one attached hydrogen (secondary N) is 2. The zero-order valence-electron chi connectivity index (χ0n) is 16.3. The van der Waals surface area contributed by atoms with Crippen LogP contribution in [0.3, 0.4) is 0 Å². The average Bonchev–Trinajstić information content (AvgIpc) is 3.15. The van der Waals surface area contributed by atoms with Crippen LogP contribution in [0.4, 0.5) is 5.82 Å². The molecule has 29 heavy (non-hydrogen) atoms. The van der Waals surface area contributed by atoms with E-state index in [-0.39, 0.29) is 5.91 Å². The topological polar surface area (TPSA) is 69.2 Å². The lowest BCUT2D eigenvalue weighted by Crippen LogP contribution is -2.44. The fraction of sp³-hybridized carbons (Fsp3) is 0.286. The Morgan fingerprint density at radius 3 is 2.69 bits per heavy atom. The number of aromatic nitrogens is 3. The predicted octanol–water partition coefficient (Wildman–Crippen LogP) is 2.61. The molecule has 2 aromatic heterocycles. The maximum atomic E-state index is 12.8. The molecule has 7 nitrogen and oxygen atoms in total. The third-order valence-electron chi connectivity index (χ3n) is 5.11. The molecule has 1 aliphatic heterocycles. The first kappa shape index (κ1) is 19.4. The molecule has 3 aromatic rings. The van der Waals surface area contributed by atoms with Crippen molar-refractivity contribution in [3.63, 3.8) is 0 Å². The van der Waals surface area contributed by atoms with E-state index in [0.29, 0.717) is 17.0 Å². The van der Waals surface area contributed by atoms with Crippen molar-refractivity contribution in [3.8, 4) is 5.69 Å². The SMILES string of the molecule is CN1CCN(c2cc(CNC(=O)c3c[nH]c(=S)n3-c3ccccc3)ccn2)CC1. The van der Waals surface area contributed by atoms with Gasteiger partial charge in [-0.05, 0) is 49.1 Å². The molecular formula is C21H24N6OS. The molecule has 1 aliphatic rings. The van der Waals surface area contributed by atoms with Crippen LogP contribution in [0.15, 0.2) is 54.9 Å². The molecule has 0 atom stereocenters. The number of likely N-dealkylation sites (N-methyl/N-ethyl adjacent to an activating group) is 1. The quantitative estimate of drug-likeness (QED) is 0.635. The van der Waals surface area contributed by atoms with Crippen LogP contribution in [0.25, 0.3) is 5.69 Å². The second-order valence-corrected chi connectivity index (χ2v) is 7.53. The molecule has 150 valence electrons. The molecule has 0 saturated carbocycles. The molecule has 3 heterocycles. The molecule has 1 amide bonds. The van der Waals surface area contributed by atoms with E-state index in [4.69, 9.17) is 12.2 Å². The summed E-state index contributed by atoms with van der Waals surface area (Å²) in [6.45, 7) is 4.40. The van der Waals surface area contributed by atoms with E-state index < -0.39 is 0 Å². The van der Waals surface area contributed by atoms with Gasteiger partial charge in [0, 0.05) is 50.8 Å². The number of para-hydroxylation sites is 1. The summed E-state index contributed by atoms with van der Waals surface area (Å²) >= 11 is 5.36. The molecule has 2 N–H and O–H groups in total. The van der Waals surface area contributed by atoms with Crippen LogP contribution in [0, 0.1) is 4.77 Å². The molecule has 1 saturated heterocycles. The van der Waals surface area contributed by atoms with Crippen LogP contribution in [-0.4, -0.2) is 58.6 Å². The maximum absolute atomic E-state index is 12.8. The molecule has 0 radical (unpaired) electrons. The third-order valence-corrected chi connectivity index (χ3v) is 5.41. The zero-order valence-corrected chi connectivity index (χ0v) is 17.2. The highest BCUT2D eigenvalue weighted by atomic mass is 32.1. The molecular weight excluding hydrogens is 384 g/mol. The Bertz CT molecular complexity index is 1040. The lowest BCUT2D eigenvalue weighted by atomic mass is 10.2. The van der Waals surface area contributed by atoms with E-state index in [0.717, 1.165) is 43.2 Å². The van der Waals surface area contributed by atoms with Gasteiger partial charge in [0.15, 0.2) is 4.77 Å². The van der Waals surface area contributed by atoms with Crippen molar-refractivity contribution in [3.05, 3.63) is 70.9 Å². The van der Waals surface area contributed by atoms with Crippen LogP contribution in [-0.2, 0) is 6.54 Å². The van der Waals surface area contributed by atoms with Gasteiger partial charge in [-0.15, -0.1) is 0 Å². The van der Waals surface area contributed by atoms with Crippen molar-refractivity contribution in [2.45, 2.75) is 6.54 Å². The van der Waals surface area contributed by atoms with Crippen LogP contribution in [0.2, 0.25) is 0 Å². The average molecular weight is 409 g/mol. The summed E-state index contributed by atoms with van der Waals surface area (Å²) in [6.07, 6.45) is 3.45. The van der Waals surface area contributed by atoms with Crippen LogP contribution < -0.4 is 10.2 Å². The van der Waals surface area contributed by atoms with Crippen molar-refractivity contribution < 1.29 is 4.79 Å². The van der Waals surface area contributed by atoms with Gasteiger partial charge in [-0.2, -0.15) is 0 Å². The van der Waals surface area contributed by atoms with Gasteiger partial charge >= 0.3 is 0 Å². The first-order valence-electron chi connectivity index (χ1n) is 9.64. The molecule has 1 fully saturated rings. The Hall–Kier alpha value is -2.97. The van der Waals surface area contributed by atoms with Gasteiger partial charge in [0.1, 0.15) is 11.5 Å². The number of nitrogens with zero attached hydrogens (tertiary/aromatic N) is 4. The minimum atomic E-state index is -0.181. The van der Waals surface area contributed by atoms with Gasteiger partial charge in [-0.3, -0.25) is 9.36 Å². The molecule has 0 unspecified atom stereocenters. The molecule has 0 aliphatic carbocycles. The number of carbonyl (C=O) groups excluding carboxylic acids is 1. The normalized spacial score (nSPS) is 14.7. The van der Waals surface area contributed by atoms with Gasteiger partial charge in [0.05, 0.1) is 0 Å².